The van der Waals surface area contributed by atoms with Crippen LogP contribution in [-0.2, 0) is 0 Å². The molecule has 0 aromatic heterocycles. The molecule has 1 saturated heterocycles. The second kappa shape index (κ2) is 7.50. The van der Waals surface area contributed by atoms with Crippen LogP contribution in [0.15, 0.2) is 36.4 Å². The maximum absolute atomic E-state index is 6.29. The van der Waals surface area contributed by atoms with E-state index in [1.807, 2.05) is 30.3 Å². The smallest absolute Gasteiger partial charge is 0.160 e. The molecule has 1 aliphatic heterocycles. The zero-order chi connectivity index (χ0) is 16.4. The molecule has 2 atom stereocenters. The third-order valence-corrected chi connectivity index (χ3v) is 5.51. The van der Waals surface area contributed by atoms with Crippen LogP contribution in [0.5, 0.6) is 5.75 Å². The summed E-state index contributed by atoms with van der Waals surface area (Å²) in [4.78, 5) is 0. The second-order valence-electron chi connectivity index (χ2n) is 5.50. The molecule has 0 radical (unpaired) electrons. The highest BCUT2D eigenvalue weighted by Gasteiger charge is 2.30. The minimum Gasteiger partial charge on any atom is -0.482 e. The van der Waals surface area contributed by atoms with Crippen molar-refractivity contribution in [2.45, 2.75) is 12.5 Å². The molecule has 6 heteroatoms. The van der Waals surface area contributed by atoms with Crippen molar-refractivity contribution < 1.29 is 4.74 Å². The van der Waals surface area contributed by atoms with Gasteiger partial charge in [0.05, 0.1) is 10.0 Å². The van der Waals surface area contributed by atoms with E-state index in [1.54, 1.807) is 0 Å². The largest absolute Gasteiger partial charge is 0.482 e. The van der Waals surface area contributed by atoms with E-state index in [4.69, 9.17) is 51.1 Å². The maximum Gasteiger partial charge on any atom is 0.160 e. The standard InChI is InChI=1S/C17H15Cl4NO/c18-12-8-13(19)15(21)17(14(12)20)23-16(11-6-7-22-9-11)10-4-2-1-3-5-10/h1-5,8,11,16,22H,6-7,9H2. The Balaban J connectivity index is 1.99. The van der Waals surface area contributed by atoms with Crippen LogP contribution in [0.3, 0.4) is 0 Å². The topological polar surface area (TPSA) is 21.3 Å². The van der Waals surface area contributed by atoms with E-state index in [1.165, 1.54) is 6.07 Å². The lowest BCUT2D eigenvalue weighted by molar-refractivity contribution is 0.145. The highest BCUT2D eigenvalue weighted by Crippen LogP contribution is 2.45. The van der Waals surface area contributed by atoms with Gasteiger partial charge in [-0.05, 0) is 24.6 Å². The Morgan fingerprint density at radius 2 is 1.65 bits per heavy atom. The molecule has 0 amide bonds. The number of benzene rings is 2. The van der Waals surface area contributed by atoms with Crippen molar-refractivity contribution in [1.29, 1.82) is 0 Å². The van der Waals surface area contributed by atoms with Gasteiger partial charge in [0.15, 0.2) is 5.75 Å². The molecule has 0 spiro atoms. The molecule has 23 heavy (non-hydrogen) atoms. The van der Waals surface area contributed by atoms with Crippen LogP contribution in [-0.4, -0.2) is 13.1 Å². The van der Waals surface area contributed by atoms with Gasteiger partial charge in [0.1, 0.15) is 16.1 Å². The molecule has 0 aliphatic carbocycles. The molecule has 122 valence electrons. The molecule has 2 aromatic rings. The van der Waals surface area contributed by atoms with Gasteiger partial charge >= 0.3 is 0 Å². The maximum atomic E-state index is 6.29. The average Bonchev–Trinajstić information content (AvgIpc) is 3.08. The minimum atomic E-state index is -0.171. The first kappa shape index (κ1) is 17.2. The molecule has 1 aliphatic rings. The molecule has 0 bridgehead atoms. The average molecular weight is 391 g/mol. The van der Waals surface area contributed by atoms with Crippen LogP contribution < -0.4 is 10.1 Å². The summed E-state index contributed by atoms with van der Waals surface area (Å²) in [5, 5.41) is 4.59. The third kappa shape index (κ3) is 3.72. The van der Waals surface area contributed by atoms with Crippen LogP contribution >= 0.6 is 46.4 Å². The summed E-state index contributed by atoms with van der Waals surface area (Å²) >= 11 is 24.8. The lowest BCUT2D eigenvalue weighted by Gasteiger charge is -2.26. The first-order chi connectivity index (χ1) is 11.1. The van der Waals surface area contributed by atoms with Crippen molar-refractivity contribution in [3.05, 3.63) is 62.1 Å². The molecular weight excluding hydrogens is 376 g/mol. The highest BCUT2D eigenvalue weighted by atomic mass is 35.5. The molecule has 2 unspecified atom stereocenters. The van der Waals surface area contributed by atoms with Crippen molar-refractivity contribution in [2.75, 3.05) is 13.1 Å². The molecule has 3 rings (SSSR count). The van der Waals surface area contributed by atoms with Gasteiger partial charge in [0.25, 0.3) is 0 Å². The van der Waals surface area contributed by atoms with Crippen molar-refractivity contribution in [2.24, 2.45) is 5.92 Å². The summed E-state index contributed by atoms with van der Waals surface area (Å²) in [6.45, 7) is 1.85. The number of hydrogen-bond acceptors (Lipinski definition) is 2. The fourth-order valence-electron chi connectivity index (χ4n) is 2.80. The van der Waals surface area contributed by atoms with Crippen LogP contribution in [0, 0.1) is 5.92 Å². The number of rotatable bonds is 4. The van der Waals surface area contributed by atoms with E-state index in [-0.39, 0.29) is 16.1 Å². The first-order valence-electron chi connectivity index (χ1n) is 7.33. The summed E-state index contributed by atoms with van der Waals surface area (Å²) in [6, 6.07) is 11.6. The Hall–Kier alpha value is -0.640. The Morgan fingerprint density at radius 1 is 1.00 bits per heavy atom. The summed E-state index contributed by atoms with van der Waals surface area (Å²) in [7, 11) is 0. The fraction of sp³-hybridized carbons (Fsp3) is 0.294. The van der Waals surface area contributed by atoms with Gasteiger partial charge in [0, 0.05) is 12.5 Å². The van der Waals surface area contributed by atoms with E-state index >= 15 is 0 Å². The molecule has 2 nitrogen and oxygen atoms in total. The Kier molecular flexibility index (Phi) is 5.61. The molecule has 1 N–H and O–H groups in total. The second-order valence-corrected chi connectivity index (χ2v) is 7.07. The van der Waals surface area contributed by atoms with E-state index in [2.05, 4.69) is 5.32 Å². The third-order valence-electron chi connectivity index (χ3n) is 3.97. The summed E-state index contributed by atoms with van der Waals surface area (Å²) in [5.41, 5.74) is 1.07. The van der Waals surface area contributed by atoms with Gasteiger partial charge in [0.2, 0.25) is 0 Å². The van der Waals surface area contributed by atoms with Crippen molar-refractivity contribution in [3.8, 4) is 5.75 Å². The van der Waals surface area contributed by atoms with Crippen molar-refractivity contribution in [1.82, 2.24) is 5.32 Å². The quantitative estimate of drug-likeness (QED) is 0.643. The summed E-state index contributed by atoms with van der Waals surface area (Å²) in [5.74, 6) is 0.661. The number of halogens is 4. The van der Waals surface area contributed by atoms with Gasteiger partial charge in [-0.15, -0.1) is 0 Å². The summed E-state index contributed by atoms with van der Waals surface area (Å²) in [6.07, 6.45) is 0.846. The minimum absolute atomic E-state index is 0.171. The first-order valence-corrected chi connectivity index (χ1v) is 8.84. The van der Waals surface area contributed by atoms with Gasteiger partial charge in [-0.2, -0.15) is 0 Å². The predicted octanol–water partition coefficient (Wildman–Crippen LogP) is 6.03. The van der Waals surface area contributed by atoms with Crippen molar-refractivity contribution >= 4 is 46.4 Å². The Bertz CT molecular complexity index is 660. The van der Waals surface area contributed by atoms with E-state index in [0.29, 0.717) is 21.7 Å². The van der Waals surface area contributed by atoms with Crippen LogP contribution in [0.4, 0.5) is 0 Å². The monoisotopic (exact) mass is 389 g/mol. The zero-order valence-corrected chi connectivity index (χ0v) is 15.2. The molecule has 1 heterocycles. The molecule has 2 aromatic carbocycles. The molecular formula is C17H15Cl4NO. The normalized spacial score (nSPS) is 18.9. The lowest BCUT2D eigenvalue weighted by Crippen LogP contribution is -2.21. The fourth-order valence-corrected chi connectivity index (χ4v) is 3.68. The van der Waals surface area contributed by atoms with Crippen LogP contribution in [0.1, 0.15) is 18.1 Å². The van der Waals surface area contributed by atoms with Gasteiger partial charge in [-0.1, -0.05) is 76.7 Å². The van der Waals surface area contributed by atoms with Gasteiger partial charge in [-0.3, -0.25) is 0 Å². The van der Waals surface area contributed by atoms with Crippen molar-refractivity contribution in [3.63, 3.8) is 0 Å². The Labute approximate surface area is 155 Å². The summed E-state index contributed by atoms with van der Waals surface area (Å²) < 4.78 is 6.23. The van der Waals surface area contributed by atoms with Gasteiger partial charge in [-0.25, -0.2) is 0 Å². The highest BCUT2D eigenvalue weighted by molar-refractivity contribution is 6.48. The molecule has 1 fully saturated rings. The molecule has 0 saturated carbocycles. The van der Waals surface area contributed by atoms with E-state index < -0.39 is 0 Å². The lowest BCUT2D eigenvalue weighted by atomic mass is 9.95. The Morgan fingerprint density at radius 3 is 2.22 bits per heavy atom. The number of hydrogen-bond donors (Lipinski definition) is 1. The zero-order valence-electron chi connectivity index (χ0n) is 12.2. The van der Waals surface area contributed by atoms with E-state index in [9.17, 15) is 0 Å². The predicted molar refractivity (Wildman–Crippen MR) is 97.3 cm³/mol. The van der Waals surface area contributed by atoms with Crippen LogP contribution in [0.2, 0.25) is 20.1 Å². The SMILES string of the molecule is Clc1cc(Cl)c(Cl)c(OC(c2ccccc2)C2CCNC2)c1Cl. The van der Waals surface area contributed by atoms with E-state index in [0.717, 1.165) is 25.1 Å². The van der Waals surface area contributed by atoms with Gasteiger partial charge < -0.3 is 10.1 Å². The number of ether oxygens (including phenoxy) is 1. The number of nitrogens with one attached hydrogen (secondary N) is 1. The van der Waals surface area contributed by atoms with Crippen LogP contribution in [0.25, 0.3) is 0 Å².